The molecule has 3 aromatic carbocycles. The van der Waals surface area contributed by atoms with E-state index in [1.165, 1.54) is 94.2 Å². The van der Waals surface area contributed by atoms with Crippen molar-refractivity contribution in [1.82, 2.24) is 15.1 Å². The summed E-state index contributed by atoms with van der Waals surface area (Å²) < 4.78 is 0. The first-order valence-corrected chi connectivity index (χ1v) is 18.9. The number of piperazine rings is 2. The molecule has 4 heterocycles. The number of nitrogens with zero attached hydrogens (tertiary/aromatic N) is 4. The third-order valence-electron chi connectivity index (χ3n) is 13.8. The van der Waals surface area contributed by atoms with E-state index in [-0.39, 0.29) is 0 Å². The molecule has 0 bridgehead atoms. The number of rotatable bonds is 4. The van der Waals surface area contributed by atoms with E-state index < -0.39 is 0 Å². The van der Waals surface area contributed by atoms with Crippen LogP contribution in [-0.4, -0.2) is 70.8 Å². The van der Waals surface area contributed by atoms with Crippen molar-refractivity contribution in [1.29, 1.82) is 0 Å². The normalized spacial score (nSPS) is 39.9. The molecule has 3 saturated carbocycles. The van der Waals surface area contributed by atoms with E-state index in [1.54, 1.807) is 0 Å². The summed E-state index contributed by atoms with van der Waals surface area (Å²) in [4.78, 5) is 12.1. The van der Waals surface area contributed by atoms with Crippen molar-refractivity contribution in [2.45, 2.75) is 125 Å². The fraction of sp³-hybridized carbons (Fsp3) is 0.561. The quantitative estimate of drug-likeness (QED) is 0.330. The van der Waals surface area contributed by atoms with Gasteiger partial charge in [-0.05, 0) is 119 Å². The second-order valence-electron chi connectivity index (χ2n) is 15.7. The number of benzene rings is 3. The van der Waals surface area contributed by atoms with Gasteiger partial charge < -0.3 is 15.1 Å². The van der Waals surface area contributed by atoms with E-state index in [2.05, 4.69) is 116 Å². The van der Waals surface area contributed by atoms with Gasteiger partial charge >= 0.3 is 0 Å². The number of para-hydroxylation sites is 3. The summed E-state index contributed by atoms with van der Waals surface area (Å²) in [5.41, 5.74) is 4.13. The Kier molecular flexibility index (Phi) is 6.98. The fourth-order valence-electron chi connectivity index (χ4n) is 12.5. The van der Waals surface area contributed by atoms with E-state index in [1.807, 2.05) is 0 Å². The molecular formula is C41H51N5. The predicted octanol–water partition coefficient (Wildman–Crippen LogP) is 7.42. The molecule has 3 aromatic rings. The van der Waals surface area contributed by atoms with E-state index >= 15 is 0 Å². The van der Waals surface area contributed by atoms with Crippen LogP contribution >= 0.6 is 0 Å². The SMILES string of the molecule is c1ccc(N(c2ccccc2)C2CCC3C(C2)N(c2ccccc2)C2CCCC4C2N3C2CCCC3C5CCCNC5N4C32)cc1. The number of nitrogens with one attached hydrogen (secondary N) is 1. The summed E-state index contributed by atoms with van der Waals surface area (Å²) in [6, 6.07) is 39.2. The zero-order chi connectivity index (χ0) is 30.2. The lowest BCUT2D eigenvalue weighted by Crippen LogP contribution is -2.82. The second-order valence-corrected chi connectivity index (χ2v) is 15.7. The third-order valence-corrected chi connectivity index (χ3v) is 13.8. The van der Waals surface area contributed by atoms with Crippen molar-refractivity contribution >= 4 is 17.1 Å². The van der Waals surface area contributed by atoms with Gasteiger partial charge in [-0.25, -0.2) is 0 Å². The van der Waals surface area contributed by atoms with Gasteiger partial charge in [0.05, 0.1) is 6.17 Å². The highest BCUT2D eigenvalue weighted by Crippen LogP contribution is 2.57. The average Bonchev–Trinajstić information content (AvgIpc) is 3.47. The van der Waals surface area contributed by atoms with Crippen LogP contribution in [0, 0.1) is 11.8 Å². The summed E-state index contributed by atoms with van der Waals surface area (Å²) in [6.45, 7) is 1.22. The molecule has 0 aromatic heterocycles. The molecule has 4 aliphatic heterocycles. The molecule has 11 unspecified atom stereocenters. The van der Waals surface area contributed by atoms with Gasteiger partial charge in [0.1, 0.15) is 0 Å². The summed E-state index contributed by atoms with van der Waals surface area (Å²) >= 11 is 0. The molecule has 7 aliphatic rings. The maximum Gasteiger partial charge on any atom is 0.0635 e. The third kappa shape index (κ3) is 4.23. The van der Waals surface area contributed by atoms with Crippen molar-refractivity contribution in [3.63, 3.8) is 0 Å². The number of hydrogen-bond donors (Lipinski definition) is 1. The number of piperidine rings is 1. The van der Waals surface area contributed by atoms with E-state index in [9.17, 15) is 0 Å². The molecule has 10 rings (SSSR count). The van der Waals surface area contributed by atoms with Gasteiger partial charge in [-0.15, -0.1) is 0 Å². The van der Waals surface area contributed by atoms with Gasteiger partial charge in [0.2, 0.25) is 0 Å². The average molecular weight is 614 g/mol. The van der Waals surface area contributed by atoms with Crippen LogP contribution in [0.4, 0.5) is 17.1 Å². The van der Waals surface area contributed by atoms with Crippen LogP contribution in [0.25, 0.3) is 0 Å². The van der Waals surface area contributed by atoms with Crippen molar-refractivity contribution in [2.24, 2.45) is 11.8 Å². The van der Waals surface area contributed by atoms with Gasteiger partial charge in [0.15, 0.2) is 0 Å². The van der Waals surface area contributed by atoms with Crippen LogP contribution in [0.15, 0.2) is 91.0 Å². The Morgan fingerprint density at radius 3 is 1.89 bits per heavy atom. The van der Waals surface area contributed by atoms with E-state index in [4.69, 9.17) is 0 Å². The van der Waals surface area contributed by atoms with Crippen LogP contribution in [0.2, 0.25) is 0 Å². The number of fused-ring (bicyclic) bond motifs is 7. The Morgan fingerprint density at radius 2 is 1.15 bits per heavy atom. The predicted molar refractivity (Wildman–Crippen MR) is 187 cm³/mol. The van der Waals surface area contributed by atoms with Crippen LogP contribution in [0.5, 0.6) is 0 Å². The first kappa shape index (κ1) is 28.2. The highest BCUT2D eigenvalue weighted by atomic mass is 15.5. The minimum atomic E-state index is 0.479. The van der Waals surface area contributed by atoms with Crippen LogP contribution in [0.1, 0.15) is 70.6 Å². The van der Waals surface area contributed by atoms with Crippen molar-refractivity contribution in [3.8, 4) is 0 Å². The zero-order valence-electron chi connectivity index (χ0n) is 27.3. The Labute approximate surface area is 275 Å². The van der Waals surface area contributed by atoms with E-state index in [0.717, 1.165) is 23.9 Å². The van der Waals surface area contributed by atoms with Gasteiger partial charge in [-0.1, -0.05) is 61.0 Å². The van der Waals surface area contributed by atoms with Crippen molar-refractivity contribution in [3.05, 3.63) is 91.0 Å². The molecule has 5 nitrogen and oxygen atoms in total. The fourth-order valence-corrected chi connectivity index (χ4v) is 12.5. The van der Waals surface area contributed by atoms with E-state index in [0.29, 0.717) is 42.4 Å². The minimum absolute atomic E-state index is 0.479. The lowest BCUT2D eigenvalue weighted by Gasteiger charge is -2.69. The van der Waals surface area contributed by atoms with Crippen LogP contribution < -0.4 is 15.1 Å². The molecule has 240 valence electrons. The molecule has 0 amide bonds. The number of hydrogen-bond acceptors (Lipinski definition) is 5. The largest absolute Gasteiger partial charge is 0.362 e. The summed E-state index contributed by atoms with van der Waals surface area (Å²) in [6.07, 6.45) is 15.6. The van der Waals surface area contributed by atoms with Crippen LogP contribution in [-0.2, 0) is 0 Å². The topological polar surface area (TPSA) is 25.0 Å². The Morgan fingerprint density at radius 1 is 0.522 bits per heavy atom. The maximum atomic E-state index is 4.13. The molecule has 4 saturated heterocycles. The standard InChI is InChI=1S/C41H51N5/c1-4-13-28(14-5-1)43(29-15-6-2-7-16-29)31-24-25-34-38(27-31)44(30-17-8-3-9-18-30)36-22-11-23-37-40(36)45(34)35-21-10-19-32-33-20-12-26-42-41(33)46(37)39(32)35/h1-9,13-18,31-42H,10-12,19-27H2. The van der Waals surface area contributed by atoms with Gasteiger partial charge in [0, 0.05) is 65.4 Å². The molecule has 5 heteroatoms. The first-order chi connectivity index (χ1) is 22.9. The number of anilines is 3. The van der Waals surface area contributed by atoms with Crippen LogP contribution in [0.3, 0.4) is 0 Å². The molecule has 11 atom stereocenters. The molecule has 1 N–H and O–H groups in total. The minimum Gasteiger partial charge on any atom is -0.362 e. The lowest BCUT2D eigenvalue weighted by molar-refractivity contribution is -0.147. The second kappa shape index (κ2) is 11.4. The summed E-state index contributed by atoms with van der Waals surface area (Å²) in [5.74, 6) is 1.76. The molecule has 3 aliphatic carbocycles. The van der Waals surface area contributed by atoms with Gasteiger partial charge in [-0.2, -0.15) is 0 Å². The molecular weight excluding hydrogens is 562 g/mol. The molecule has 0 spiro atoms. The lowest BCUT2D eigenvalue weighted by atomic mass is 9.67. The van der Waals surface area contributed by atoms with Gasteiger partial charge in [-0.3, -0.25) is 9.80 Å². The van der Waals surface area contributed by atoms with Crippen molar-refractivity contribution < 1.29 is 0 Å². The zero-order valence-corrected chi connectivity index (χ0v) is 27.3. The highest BCUT2D eigenvalue weighted by molar-refractivity contribution is 5.64. The monoisotopic (exact) mass is 613 g/mol. The first-order valence-electron chi connectivity index (χ1n) is 18.9. The Hall–Kier alpha value is -2.86. The molecule has 7 fully saturated rings. The highest BCUT2D eigenvalue weighted by Gasteiger charge is 2.66. The summed E-state index contributed by atoms with van der Waals surface area (Å²) in [5, 5.41) is 4.13. The Bertz CT molecular complexity index is 1460. The smallest absolute Gasteiger partial charge is 0.0635 e. The van der Waals surface area contributed by atoms with Gasteiger partial charge in [0.25, 0.3) is 0 Å². The Balaban J connectivity index is 1.08. The summed E-state index contributed by atoms with van der Waals surface area (Å²) in [7, 11) is 0. The van der Waals surface area contributed by atoms with Crippen molar-refractivity contribution in [2.75, 3.05) is 16.3 Å². The maximum absolute atomic E-state index is 4.13. The molecule has 0 radical (unpaired) electrons. The molecule has 46 heavy (non-hydrogen) atoms.